The molecule has 0 radical (unpaired) electrons. The zero-order valence-corrected chi connectivity index (χ0v) is 11.3. The van der Waals surface area contributed by atoms with Crippen molar-refractivity contribution in [3.8, 4) is 0 Å². The van der Waals surface area contributed by atoms with Crippen LogP contribution in [0.1, 0.15) is 24.3 Å². The second-order valence-corrected chi connectivity index (χ2v) is 4.53. The summed E-state index contributed by atoms with van der Waals surface area (Å²) >= 11 is 0. The number of hydrogen-bond acceptors (Lipinski definition) is 5. The second-order valence-electron chi connectivity index (χ2n) is 4.53. The zero-order valence-electron chi connectivity index (χ0n) is 11.3. The first-order valence-corrected chi connectivity index (χ1v) is 6.00. The molecule has 0 saturated carbocycles. The predicted octanol–water partition coefficient (Wildman–Crippen LogP) is -0.567. The molecule has 106 valence electrons. The van der Waals surface area contributed by atoms with Crippen molar-refractivity contribution in [2.45, 2.75) is 26.4 Å². The van der Waals surface area contributed by atoms with E-state index in [1.807, 2.05) is 7.05 Å². The number of aromatic nitrogens is 3. The van der Waals surface area contributed by atoms with Crippen molar-refractivity contribution in [2.75, 3.05) is 20.1 Å². The van der Waals surface area contributed by atoms with E-state index >= 15 is 0 Å². The van der Waals surface area contributed by atoms with Crippen LogP contribution in [0.5, 0.6) is 0 Å². The van der Waals surface area contributed by atoms with Crippen LogP contribution < -0.4 is 5.32 Å². The van der Waals surface area contributed by atoms with Crippen molar-refractivity contribution in [1.82, 2.24) is 25.2 Å². The lowest BCUT2D eigenvalue weighted by Crippen LogP contribution is -2.36. The van der Waals surface area contributed by atoms with E-state index in [-0.39, 0.29) is 18.1 Å². The third-order valence-electron chi connectivity index (χ3n) is 2.70. The van der Waals surface area contributed by atoms with Gasteiger partial charge in [-0.15, -0.1) is 5.10 Å². The number of nitrogens with zero attached hydrogens (tertiary/aromatic N) is 4. The molecule has 0 bridgehead atoms. The van der Waals surface area contributed by atoms with Crippen LogP contribution in [-0.2, 0) is 11.3 Å². The maximum atomic E-state index is 11.7. The van der Waals surface area contributed by atoms with E-state index in [0.29, 0.717) is 12.6 Å². The Morgan fingerprint density at radius 2 is 2.21 bits per heavy atom. The number of amides is 1. The maximum Gasteiger partial charge on any atom is 0.325 e. The summed E-state index contributed by atoms with van der Waals surface area (Å²) in [6.45, 7) is 5.06. The number of nitrogens with one attached hydrogen (secondary N) is 1. The third-order valence-corrected chi connectivity index (χ3v) is 2.70. The Hall–Kier alpha value is -1.96. The minimum Gasteiger partial charge on any atom is -0.480 e. The Bertz CT molecular complexity index is 443. The van der Waals surface area contributed by atoms with Gasteiger partial charge in [-0.25, -0.2) is 4.68 Å². The van der Waals surface area contributed by atoms with Gasteiger partial charge in [-0.2, -0.15) is 0 Å². The molecule has 0 fully saturated rings. The molecule has 2 N–H and O–H groups in total. The minimum atomic E-state index is -1.03. The summed E-state index contributed by atoms with van der Waals surface area (Å²) in [7, 11) is 1.97. The molecule has 8 nitrogen and oxygen atoms in total. The van der Waals surface area contributed by atoms with E-state index in [9.17, 15) is 9.59 Å². The number of hydrogen-bond donors (Lipinski definition) is 2. The monoisotopic (exact) mass is 269 g/mol. The SMILES string of the molecule is CC(C)N(C)CCNC(=O)c1cn(CC(=O)O)nn1. The molecule has 1 amide bonds. The molecule has 0 aliphatic heterocycles. The highest BCUT2D eigenvalue weighted by atomic mass is 16.4. The summed E-state index contributed by atoms with van der Waals surface area (Å²) in [6, 6.07) is 0.411. The van der Waals surface area contributed by atoms with E-state index in [2.05, 4.69) is 34.4 Å². The van der Waals surface area contributed by atoms with Crippen LogP contribution in [0, 0.1) is 0 Å². The van der Waals surface area contributed by atoms with Crippen molar-refractivity contribution in [2.24, 2.45) is 0 Å². The highest BCUT2D eigenvalue weighted by molar-refractivity contribution is 5.91. The average molecular weight is 269 g/mol. The lowest BCUT2D eigenvalue weighted by Gasteiger charge is -2.20. The van der Waals surface area contributed by atoms with Gasteiger partial charge in [0.25, 0.3) is 5.91 Å². The molecule has 1 rings (SSSR count). The quantitative estimate of drug-likeness (QED) is 0.687. The van der Waals surface area contributed by atoms with Crippen LogP contribution in [0.2, 0.25) is 0 Å². The van der Waals surface area contributed by atoms with Crippen molar-refractivity contribution in [3.05, 3.63) is 11.9 Å². The van der Waals surface area contributed by atoms with Crippen LogP contribution in [0.25, 0.3) is 0 Å². The maximum absolute atomic E-state index is 11.7. The molecular weight excluding hydrogens is 250 g/mol. The van der Waals surface area contributed by atoms with Crippen molar-refractivity contribution < 1.29 is 14.7 Å². The number of carbonyl (C=O) groups is 2. The minimum absolute atomic E-state index is 0.119. The molecule has 0 aliphatic rings. The number of likely N-dealkylation sites (N-methyl/N-ethyl adjacent to an activating group) is 1. The van der Waals surface area contributed by atoms with Gasteiger partial charge in [0.05, 0.1) is 6.20 Å². The first kappa shape index (κ1) is 15.1. The van der Waals surface area contributed by atoms with Crippen LogP contribution in [-0.4, -0.2) is 63.1 Å². The first-order valence-electron chi connectivity index (χ1n) is 6.00. The average Bonchev–Trinajstić information content (AvgIpc) is 2.76. The molecule has 0 atom stereocenters. The number of aliphatic carboxylic acids is 1. The highest BCUT2D eigenvalue weighted by Gasteiger charge is 2.12. The summed E-state index contributed by atoms with van der Waals surface area (Å²) in [6.07, 6.45) is 1.32. The number of carboxylic acid groups (broad SMARTS) is 1. The molecule has 0 spiro atoms. The number of carbonyl (C=O) groups excluding carboxylic acids is 1. The fourth-order valence-corrected chi connectivity index (χ4v) is 1.31. The fraction of sp³-hybridized carbons (Fsp3) is 0.636. The highest BCUT2D eigenvalue weighted by Crippen LogP contribution is 1.94. The Morgan fingerprint density at radius 3 is 2.79 bits per heavy atom. The van der Waals surface area contributed by atoms with Gasteiger partial charge in [-0.3, -0.25) is 9.59 Å². The lowest BCUT2D eigenvalue weighted by atomic mass is 10.3. The topological polar surface area (TPSA) is 100 Å². The zero-order chi connectivity index (χ0) is 14.4. The van der Waals surface area contributed by atoms with Crippen LogP contribution >= 0.6 is 0 Å². The van der Waals surface area contributed by atoms with Crippen LogP contribution in [0.3, 0.4) is 0 Å². The Morgan fingerprint density at radius 1 is 1.53 bits per heavy atom. The van der Waals surface area contributed by atoms with E-state index in [4.69, 9.17) is 5.11 Å². The predicted molar refractivity (Wildman–Crippen MR) is 67.8 cm³/mol. The normalized spacial score (nSPS) is 11.0. The summed E-state index contributed by atoms with van der Waals surface area (Å²) in [5.41, 5.74) is 0.119. The van der Waals surface area contributed by atoms with Gasteiger partial charge in [0.2, 0.25) is 0 Å². The number of carboxylic acids is 1. The van der Waals surface area contributed by atoms with Gasteiger partial charge in [0, 0.05) is 19.1 Å². The summed E-state index contributed by atoms with van der Waals surface area (Å²) in [5.74, 6) is -1.38. The molecule has 1 aromatic rings. The van der Waals surface area contributed by atoms with Gasteiger partial charge < -0.3 is 15.3 Å². The van der Waals surface area contributed by atoms with Gasteiger partial charge in [-0.05, 0) is 20.9 Å². The molecule has 8 heteroatoms. The Balaban J connectivity index is 2.41. The van der Waals surface area contributed by atoms with Crippen molar-refractivity contribution >= 4 is 11.9 Å². The summed E-state index contributed by atoms with van der Waals surface area (Å²) in [4.78, 5) is 24.3. The molecule has 1 heterocycles. The van der Waals surface area contributed by atoms with Gasteiger partial charge >= 0.3 is 5.97 Å². The first-order chi connectivity index (χ1) is 8.90. The Kier molecular flexibility index (Phi) is 5.43. The third kappa shape index (κ3) is 5.04. The molecule has 0 unspecified atom stereocenters. The molecule has 1 aromatic heterocycles. The molecule has 19 heavy (non-hydrogen) atoms. The smallest absolute Gasteiger partial charge is 0.325 e. The van der Waals surface area contributed by atoms with Gasteiger partial charge in [0.1, 0.15) is 6.54 Å². The summed E-state index contributed by atoms with van der Waals surface area (Å²) < 4.78 is 1.11. The molecule has 0 aromatic carbocycles. The second kappa shape index (κ2) is 6.83. The standard InChI is InChI=1S/C11H19N5O3/c1-8(2)15(3)5-4-12-11(19)9-6-16(14-13-9)7-10(17)18/h6,8H,4-5,7H2,1-3H3,(H,12,19)(H,17,18). The van der Waals surface area contributed by atoms with E-state index in [0.717, 1.165) is 11.2 Å². The van der Waals surface area contributed by atoms with Gasteiger partial charge in [0.15, 0.2) is 5.69 Å². The van der Waals surface area contributed by atoms with E-state index in [1.165, 1.54) is 6.20 Å². The van der Waals surface area contributed by atoms with Crippen molar-refractivity contribution in [3.63, 3.8) is 0 Å². The molecular formula is C11H19N5O3. The van der Waals surface area contributed by atoms with Crippen LogP contribution in [0.15, 0.2) is 6.20 Å². The van der Waals surface area contributed by atoms with Crippen LogP contribution in [0.4, 0.5) is 0 Å². The van der Waals surface area contributed by atoms with E-state index in [1.54, 1.807) is 0 Å². The summed E-state index contributed by atoms with van der Waals surface area (Å²) in [5, 5.41) is 18.5. The number of rotatable bonds is 7. The largest absolute Gasteiger partial charge is 0.480 e. The fourth-order valence-electron chi connectivity index (χ4n) is 1.31. The van der Waals surface area contributed by atoms with Gasteiger partial charge in [-0.1, -0.05) is 5.21 Å². The van der Waals surface area contributed by atoms with E-state index < -0.39 is 5.97 Å². The molecule has 0 aliphatic carbocycles. The lowest BCUT2D eigenvalue weighted by molar-refractivity contribution is -0.137. The molecule has 0 saturated heterocycles. The Labute approximate surface area is 111 Å². The van der Waals surface area contributed by atoms with Crippen molar-refractivity contribution in [1.29, 1.82) is 0 Å².